The van der Waals surface area contributed by atoms with Crippen molar-refractivity contribution < 1.29 is 12.8 Å². The first kappa shape index (κ1) is 15.2. The number of nitrogens with two attached hydrogens (primary N) is 1. The molecule has 0 aromatic heterocycles. The van der Waals surface area contributed by atoms with Crippen molar-refractivity contribution in [1.82, 2.24) is 9.62 Å². The van der Waals surface area contributed by atoms with Crippen molar-refractivity contribution >= 4 is 15.7 Å². The van der Waals surface area contributed by atoms with E-state index in [1.165, 1.54) is 6.07 Å². The summed E-state index contributed by atoms with van der Waals surface area (Å²) in [6.07, 6.45) is 2.05. The molecule has 0 saturated carbocycles. The van der Waals surface area contributed by atoms with Gasteiger partial charge in [0.2, 0.25) is 10.0 Å². The van der Waals surface area contributed by atoms with Gasteiger partial charge in [0.25, 0.3) is 0 Å². The number of nitrogens with one attached hydrogen (secondary N) is 1. The van der Waals surface area contributed by atoms with Gasteiger partial charge in [-0.2, -0.15) is 0 Å². The van der Waals surface area contributed by atoms with E-state index in [9.17, 15) is 12.8 Å². The van der Waals surface area contributed by atoms with Crippen molar-refractivity contribution in [3.63, 3.8) is 0 Å². The monoisotopic (exact) mass is 301 g/mol. The highest BCUT2D eigenvalue weighted by molar-refractivity contribution is 7.89. The van der Waals surface area contributed by atoms with Crippen LogP contribution < -0.4 is 10.5 Å². The average Bonchev–Trinajstić information content (AvgIpc) is 2.82. The second kappa shape index (κ2) is 6.07. The summed E-state index contributed by atoms with van der Waals surface area (Å²) in [6, 6.07) is 3.54. The number of nitrogens with zero attached hydrogens (tertiary/aromatic N) is 1. The molecule has 3 N–H and O–H groups in total. The lowest BCUT2D eigenvalue weighted by atomic mass is 10.2. The van der Waals surface area contributed by atoms with Gasteiger partial charge in [-0.05, 0) is 44.1 Å². The zero-order chi connectivity index (χ0) is 14.8. The molecule has 1 unspecified atom stereocenters. The lowest BCUT2D eigenvalue weighted by molar-refractivity contribution is 0.268. The third-order valence-electron chi connectivity index (χ3n) is 3.62. The topological polar surface area (TPSA) is 75.4 Å². The van der Waals surface area contributed by atoms with Gasteiger partial charge in [-0.1, -0.05) is 6.92 Å². The number of likely N-dealkylation sites (N-methyl/N-ethyl adjacent to an activating group) is 1. The van der Waals surface area contributed by atoms with E-state index >= 15 is 0 Å². The van der Waals surface area contributed by atoms with Gasteiger partial charge >= 0.3 is 0 Å². The van der Waals surface area contributed by atoms with Crippen LogP contribution in [0.25, 0.3) is 0 Å². The lowest BCUT2D eigenvalue weighted by Crippen LogP contribution is -2.40. The number of anilines is 1. The fourth-order valence-electron chi connectivity index (χ4n) is 2.57. The molecule has 1 aromatic rings. The van der Waals surface area contributed by atoms with E-state index in [4.69, 9.17) is 5.73 Å². The van der Waals surface area contributed by atoms with Crippen LogP contribution in [0.5, 0.6) is 0 Å². The van der Waals surface area contributed by atoms with Crippen LogP contribution in [0.2, 0.25) is 0 Å². The van der Waals surface area contributed by atoms with E-state index in [-0.39, 0.29) is 16.6 Å². The summed E-state index contributed by atoms with van der Waals surface area (Å²) in [6.45, 7) is 4.29. The molecule has 112 valence electrons. The standard InChI is InChI=1S/C13H20FN3O2S/c1-2-17-5-3-4-12(17)9-16-20(18,19)13-7-10(14)6-11(15)8-13/h6-8,12,16H,2-5,9,15H2,1H3. The molecule has 20 heavy (non-hydrogen) atoms. The van der Waals surface area contributed by atoms with Crippen LogP contribution in [0.15, 0.2) is 23.1 Å². The van der Waals surface area contributed by atoms with Crippen molar-refractivity contribution in [3.8, 4) is 0 Å². The van der Waals surface area contributed by atoms with Gasteiger partial charge in [-0.15, -0.1) is 0 Å². The van der Waals surface area contributed by atoms with Gasteiger partial charge in [0.1, 0.15) is 5.82 Å². The van der Waals surface area contributed by atoms with Crippen LogP contribution in [0, 0.1) is 5.82 Å². The summed E-state index contributed by atoms with van der Waals surface area (Å²) in [5.74, 6) is -0.651. The molecule has 0 radical (unpaired) electrons. The van der Waals surface area contributed by atoms with Crippen molar-refractivity contribution in [2.24, 2.45) is 0 Å². The first-order valence-electron chi connectivity index (χ1n) is 6.72. The van der Waals surface area contributed by atoms with Gasteiger partial charge in [0, 0.05) is 18.3 Å². The van der Waals surface area contributed by atoms with Crippen LogP contribution in [0.4, 0.5) is 10.1 Å². The Balaban J connectivity index is 2.07. The average molecular weight is 301 g/mol. The second-order valence-electron chi connectivity index (χ2n) is 5.00. The van der Waals surface area contributed by atoms with Gasteiger partial charge in [-0.25, -0.2) is 17.5 Å². The van der Waals surface area contributed by atoms with E-state index in [2.05, 4.69) is 16.5 Å². The number of halogens is 1. The molecular weight excluding hydrogens is 281 g/mol. The molecule has 1 aliphatic heterocycles. The molecule has 0 amide bonds. The Morgan fingerprint density at radius 1 is 1.45 bits per heavy atom. The molecule has 2 rings (SSSR count). The minimum absolute atomic E-state index is 0.0985. The maximum absolute atomic E-state index is 13.2. The molecule has 1 saturated heterocycles. The van der Waals surface area contributed by atoms with E-state index in [1.807, 2.05) is 0 Å². The quantitative estimate of drug-likeness (QED) is 0.801. The maximum Gasteiger partial charge on any atom is 0.240 e. The molecule has 7 heteroatoms. The molecule has 5 nitrogen and oxygen atoms in total. The molecule has 0 aliphatic carbocycles. The Kier molecular flexibility index (Phi) is 4.62. The smallest absolute Gasteiger partial charge is 0.240 e. The molecule has 1 atom stereocenters. The van der Waals surface area contributed by atoms with E-state index in [0.717, 1.165) is 38.1 Å². The Bertz CT molecular complexity index is 557. The van der Waals surface area contributed by atoms with Crippen molar-refractivity contribution in [3.05, 3.63) is 24.0 Å². The summed E-state index contributed by atoms with van der Waals surface area (Å²) in [4.78, 5) is 2.11. The summed E-state index contributed by atoms with van der Waals surface area (Å²) in [7, 11) is -3.72. The highest BCUT2D eigenvalue weighted by atomic mass is 32.2. The highest BCUT2D eigenvalue weighted by Gasteiger charge is 2.25. The molecule has 1 heterocycles. The third-order valence-corrected chi connectivity index (χ3v) is 5.02. The molecule has 1 aliphatic rings. The van der Waals surface area contributed by atoms with Gasteiger partial charge in [-0.3, -0.25) is 4.90 Å². The molecule has 1 fully saturated rings. The second-order valence-corrected chi connectivity index (χ2v) is 6.76. The number of nitrogen functional groups attached to an aromatic ring is 1. The predicted molar refractivity (Wildman–Crippen MR) is 76.3 cm³/mol. The molecular formula is C13H20FN3O2S. The summed E-state index contributed by atoms with van der Waals surface area (Å²) in [5.41, 5.74) is 5.58. The van der Waals surface area contributed by atoms with Gasteiger partial charge in [0.15, 0.2) is 0 Å². The normalized spacial score (nSPS) is 20.4. The van der Waals surface area contributed by atoms with Crippen LogP contribution in [-0.2, 0) is 10.0 Å². The van der Waals surface area contributed by atoms with Gasteiger partial charge in [0.05, 0.1) is 4.90 Å². The predicted octanol–water partition coefficient (Wildman–Crippen LogP) is 1.17. The summed E-state index contributed by atoms with van der Waals surface area (Å²) >= 11 is 0. The van der Waals surface area contributed by atoms with Crippen LogP contribution in [0.1, 0.15) is 19.8 Å². The summed E-state index contributed by atoms with van der Waals surface area (Å²) in [5, 5.41) is 0. The lowest BCUT2D eigenvalue weighted by Gasteiger charge is -2.22. The van der Waals surface area contributed by atoms with Crippen molar-refractivity contribution in [2.45, 2.75) is 30.7 Å². The highest BCUT2D eigenvalue weighted by Crippen LogP contribution is 2.18. The Morgan fingerprint density at radius 3 is 2.85 bits per heavy atom. The molecule has 1 aromatic carbocycles. The Hall–Kier alpha value is -1.18. The zero-order valence-electron chi connectivity index (χ0n) is 11.5. The van der Waals surface area contributed by atoms with E-state index < -0.39 is 15.8 Å². The number of rotatable bonds is 5. The molecule has 0 spiro atoms. The van der Waals surface area contributed by atoms with Crippen LogP contribution in [-0.4, -0.2) is 39.0 Å². The fourth-order valence-corrected chi connectivity index (χ4v) is 3.71. The fraction of sp³-hybridized carbons (Fsp3) is 0.538. The number of hydrogen-bond donors (Lipinski definition) is 2. The van der Waals surface area contributed by atoms with Crippen LogP contribution in [0.3, 0.4) is 0 Å². The Morgan fingerprint density at radius 2 is 2.20 bits per heavy atom. The number of benzene rings is 1. The minimum Gasteiger partial charge on any atom is -0.399 e. The first-order valence-corrected chi connectivity index (χ1v) is 8.20. The number of sulfonamides is 1. The minimum atomic E-state index is -3.72. The maximum atomic E-state index is 13.2. The van der Waals surface area contributed by atoms with Gasteiger partial charge < -0.3 is 5.73 Å². The van der Waals surface area contributed by atoms with E-state index in [0.29, 0.717) is 6.54 Å². The first-order chi connectivity index (χ1) is 9.42. The number of hydrogen-bond acceptors (Lipinski definition) is 4. The summed E-state index contributed by atoms with van der Waals surface area (Å²) < 4.78 is 40.1. The van der Waals surface area contributed by atoms with Crippen LogP contribution >= 0.6 is 0 Å². The SMILES string of the molecule is CCN1CCCC1CNS(=O)(=O)c1cc(N)cc(F)c1. The third kappa shape index (κ3) is 3.47. The largest absolute Gasteiger partial charge is 0.399 e. The van der Waals surface area contributed by atoms with E-state index in [1.54, 1.807) is 0 Å². The molecule has 0 bridgehead atoms. The Labute approximate surface area is 119 Å². The van der Waals surface area contributed by atoms with Crippen molar-refractivity contribution in [1.29, 1.82) is 0 Å². The zero-order valence-corrected chi connectivity index (χ0v) is 12.3. The van der Waals surface area contributed by atoms with Crippen molar-refractivity contribution in [2.75, 3.05) is 25.4 Å². The number of likely N-dealkylation sites (tertiary alicyclic amines) is 1.